The molecule has 3 heteroatoms. The quantitative estimate of drug-likeness (QED) is 0.756. The zero-order valence-electron chi connectivity index (χ0n) is 10.0. The minimum atomic E-state index is 0.0475. The van der Waals surface area contributed by atoms with Crippen molar-refractivity contribution in [1.29, 1.82) is 0 Å². The van der Waals surface area contributed by atoms with Gasteiger partial charge >= 0.3 is 0 Å². The van der Waals surface area contributed by atoms with Gasteiger partial charge in [-0.3, -0.25) is 4.79 Å². The van der Waals surface area contributed by atoms with Crippen molar-refractivity contribution in [2.45, 2.75) is 64.0 Å². The van der Waals surface area contributed by atoms with Crippen LogP contribution in [-0.4, -0.2) is 29.9 Å². The molecule has 0 radical (unpaired) electrons. The summed E-state index contributed by atoms with van der Waals surface area (Å²) in [5.41, 5.74) is 5.87. The van der Waals surface area contributed by atoms with Crippen LogP contribution in [-0.2, 0) is 4.79 Å². The van der Waals surface area contributed by atoms with E-state index in [0.29, 0.717) is 12.5 Å². The first kappa shape index (κ1) is 12.5. The highest BCUT2D eigenvalue weighted by atomic mass is 16.2. The van der Waals surface area contributed by atoms with Gasteiger partial charge in [-0.15, -0.1) is 0 Å². The van der Waals surface area contributed by atoms with E-state index < -0.39 is 0 Å². The Labute approximate surface area is 93.0 Å². The van der Waals surface area contributed by atoms with E-state index in [-0.39, 0.29) is 11.9 Å². The minimum Gasteiger partial charge on any atom is -0.343 e. The Hall–Kier alpha value is -0.570. The van der Waals surface area contributed by atoms with E-state index >= 15 is 0 Å². The summed E-state index contributed by atoms with van der Waals surface area (Å²) in [5.74, 6) is 0.225. The molecule has 1 amide bonds. The summed E-state index contributed by atoms with van der Waals surface area (Å²) >= 11 is 0. The van der Waals surface area contributed by atoms with Crippen molar-refractivity contribution in [1.82, 2.24) is 4.90 Å². The number of carbonyl (C=O) groups excluding carboxylic acids is 1. The summed E-state index contributed by atoms with van der Waals surface area (Å²) in [4.78, 5) is 13.8. The lowest BCUT2D eigenvalue weighted by Crippen LogP contribution is -2.38. The molecule has 0 aliphatic heterocycles. The highest BCUT2D eigenvalue weighted by molar-refractivity contribution is 5.76. The second-order valence-corrected chi connectivity index (χ2v) is 4.70. The van der Waals surface area contributed by atoms with E-state index in [1.807, 2.05) is 11.9 Å². The molecule has 1 saturated carbocycles. The molecule has 0 aromatic rings. The van der Waals surface area contributed by atoms with Crippen LogP contribution in [0.1, 0.15) is 51.9 Å². The van der Waals surface area contributed by atoms with Gasteiger partial charge in [0, 0.05) is 25.6 Å². The number of nitrogens with two attached hydrogens (primary N) is 1. The maximum Gasteiger partial charge on any atom is 0.224 e. The van der Waals surface area contributed by atoms with Crippen LogP contribution in [0.3, 0.4) is 0 Å². The molecule has 1 fully saturated rings. The second kappa shape index (κ2) is 6.11. The number of rotatable bonds is 5. The summed E-state index contributed by atoms with van der Waals surface area (Å²) in [5, 5.41) is 0. The SMILES string of the molecule is CCCC(N)CC(=O)N(C)C1CCCC1. The smallest absolute Gasteiger partial charge is 0.224 e. The molecule has 3 nitrogen and oxygen atoms in total. The summed E-state index contributed by atoms with van der Waals surface area (Å²) in [6.07, 6.45) is 7.40. The van der Waals surface area contributed by atoms with Gasteiger partial charge in [-0.05, 0) is 19.3 Å². The summed E-state index contributed by atoms with van der Waals surface area (Å²) in [6.45, 7) is 2.10. The Bertz CT molecular complexity index is 200. The molecular formula is C12H24N2O. The molecule has 1 aliphatic carbocycles. The molecule has 1 atom stereocenters. The van der Waals surface area contributed by atoms with Crippen LogP contribution in [0.5, 0.6) is 0 Å². The fourth-order valence-electron chi connectivity index (χ4n) is 2.34. The van der Waals surface area contributed by atoms with Gasteiger partial charge in [0.15, 0.2) is 0 Å². The van der Waals surface area contributed by atoms with E-state index in [1.54, 1.807) is 0 Å². The highest BCUT2D eigenvalue weighted by Gasteiger charge is 2.23. The number of hydrogen-bond acceptors (Lipinski definition) is 2. The molecule has 0 bridgehead atoms. The Morgan fingerprint density at radius 1 is 1.47 bits per heavy atom. The average molecular weight is 212 g/mol. The lowest BCUT2D eigenvalue weighted by atomic mass is 10.1. The van der Waals surface area contributed by atoms with Crippen LogP contribution in [0.15, 0.2) is 0 Å². The van der Waals surface area contributed by atoms with Crippen LogP contribution in [0.2, 0.25) is 0 Å². The molecule has 0 heterocycles. The average Bonchev–Trinajstić information content (AvgIpc) is 2.69. The lowest BCUT2D eigenvalue weighted by molar-refractivity contribution is -0.132. The third-order valence-corrected chi connectivity index (χ3v) is 3.36. The van der Waals surface area contributed by atoms with Crippen LogP contribution >= 0.6 is 0 Å². The van der Waals surface area contributed by atoms with Crippen molar-refractivity contribution in [3.8, 4) is 0 Å². The third kappa shape index (κ3) is 3.82. The number of amides is 1. The van der Waals surface area contributed by atoms with Crippen LogP contribution in [0.4, 0.5) is 0 Å². The molecule has 0 aromatic carbocycles. The molecule has 1 aliphatic rings. The first-order valence-corrected chi connectivity index (χ1v) is 6.16. The van der Waals surface area contributed by atoms with Crippen molar-refractivity contribution in [3.63, 3.8) is 0 Å². The van der Waals surface area contributed by atoms with Crippen molar-refractivity contribution in [2.24, 2.45) is 5.73 Å². The van der Waals surface area contributed by atoms with Gasteiger partial charge in [0.05, 0.1) is 0 Å². The molecule has 0 aromatic heterocycles. The van der Waals surface area contributed by atoms with Crippen molar-refractivity contribution in [3.05, 3.63) is 0 Å². The van der Waals surface area contributed by atoms with Gasteiger partial charge in [0.2, 0.25) is 5.91 Å². The van der Waals surface area contributed by atoms with Gasteiger partial charge in [0.1, 0.15) is 0 Å². The first-order chi connectivity index (χ1) is 7.15. The van der Waals surface area contributed by atoms with Gasteiger partial charge in [-0.25, -0.2) is 0 Å². The molecular weight excluding hydrogens is 188 g/mol. The number of nitrogens with zero attached hydrogens (tertiary/aromatic N) is 1. The van der Waals surface area contributed by atoms with Crippen LogP contribution < -0.4 is 5.73 Å². The molecule has 1 unspecified atom stereocenters. The molecule has 0 saturated heterocycles. The summed E-state index contributed by atoms with van der Waals surface area (Å²) < 4.78 is 0. The Morgan fingerprint density at radius 3 is 2.60 bits per heavy atom. The third-order valence-electron chi connectivity index (χ3n) is 3.36. The normalized spacial score (nSPS) is 19.1. The van der Waals surface area contributed by atoms with Crippen molar-refractivity contribution < 1.29 is 4.79 Å². The molecule has 2 N–H and O–H groups in total. The predicted molar refractivity (Wildman–Crippen MR) is 62.5 cm³/mol. The largest absolute Gasteiger partial charge is 0.343 e. The van der Waals surface area contributed by atoms with Crippen molar-refractivity contribution >= 4 is 5.91 Å². The van der Waals surface area contributed by atoms with Crippen LogP contribution in [0.25, 0.3) is 0 Å². The summed E-state index contributed by atoms with van der Waals surface area (Å²) in [6, 6.07) is 0.526. The molecule has 1 rings (SSSR count). The Kier molecular flexibility index (Phi) is 5.09. The number of hydrogen-bond donors (Lipinski definition) is 1. The minimum absolute atomic E-state index is 0.0475. The maximum absolute atomic E-state index is 11.9. The van der Waals surface area contributed by atoms with E-state index in [0.717, 1.165) is 12.8 Å². The standard InChI is InChI=1S/C12H24N2O/c1-3-6-10(13)9-12(15)14(2)11-7-4-5-8-11/h10-11H,3-9,13H2,1-2H3. The zero-order chi connectivity index (χ0) is 11.3. The molecule has 0 spiro atoms. The zero-order valence-corrected chi connectivity index (χ0v) is 10.0. The van der Waals surface area contributed by atoms with Gasteiger partial charge in [-0.2, -0.15) is 0 Å². The second-order valence-electron chi connectivity index (χ2n) is 4.70. The topological polar surface area (TPSA) is 46.3 Å². The number of carbonyl (C=O) groups is 1. The lowest BCUT2D eigenvalue weighted by Gasteiger charge is -2.25. The van der Waals surface area contributed by atoms with E-state index in [4.69, 9.17) is 5.73 Å². The first-order valence-electron chi connectivity index (χ1n) is 6.16. The Morgan fingerprint density at radius 2 is 2.07 bits per heavy atom. The van der Waals surface area contributed by atoms with E-state index in [9.17, 15) is 4.79 Å². The summed E-state index contributed by atoms with van der Waals surface area (Å²) in [7, 11) is 1.93. The maximum atomic E-state index is 11.9. The predicted octanol–water partition coefficient (Wildman–Crippen LogP) is 1.90. The molecule has 88 valence electrons. The van der Waals surface area contributed by atoms with Gasteiger partial charge in [0.25, 0.3) is 0 Å². The van der Waals surface area contributed by atoms with Gasteiger partial charge < -0.3 is 10.6 Å². The van der Waals surface area contributed by atoms with Crippen molar-refractivity contribution in [2.75, 3.05) is 7.05 Å². The van der Waals surface area contributed by atoms with Crippen LogP contribution in [0, 0.1) is 0 Å². The Balaban J connectivity index is 2.31. The van der Waals surface area contributed by atoms with E-state index in [1.165, 1.54) is 25.7 Å². The molecule has 15 heavy (non-hydrogen) atoms. The highest BCUT2D eigenvalue weighted by Crippen LogP contribution is 2.23. The monoisotopic (exact) mass is 212 g/mol. The fraction of sp³-hybridized carbons (Fsp3) is 0.917. The van der Waals surface area contributed by atoms with Gasteiger partial charge in [-0.1, -0.05) is 26.2 Å². The fourth-order valence-corrected chi connectivity index (χ4v) is 2.34. The van der Waals surface area contributed by atoms with E-state index in [2.05, 4.69) is 6.92 Å².